The van der Waals surface area contributed by atoms with E-state index in [1.807, 2.05) is 0 Å². The van der Waals surface area contributed by atoms with E-state index in [4.69, 9.17) is 0 Å². The maximum Gasteiger partial charge on any atom is 0.152 e. The molecule has 1 aromatic carbocycles. The lowest BCUT2D eigenvalue weighted by atomic mass is 9.93. The van der Waals surface area contributed by atoms with Crippen molar-refractivity contribution in [2.75, 3.05) is 11.4 Å². The molecule has 1 aliphatic rings. The third-order valence-electron chi connectivity index (χ3n) is 3.78. The molecule has 0 bridgehead atoms. The van der Waals surface area contributed by atoms with E-state index in [0.717, 1.165) is 18.5 Å². The molecule has 1 aliphatic carbocycles. The number of hydrogen-bond acceptors (Lipinski definition) is 2. The van der Waals surface area contributed by atoms with E-state index in [-0.39, 0.29) is 5.82 Å². The molecule has 0 heterocycles. The lowest BCUT2D eigenvalue weighted by Crippen LogP contribution is -2.37. The second-order valence-electron chi connectivity index (χ2n) is 4.90. The Balaban J connectivity index is 2.28. The van der Waals surface area contributed by atoms with E-state index in [9.17, 15) is 9.18 Å². The van der Waals surface area contributed by atoms with Gasteiger partial charge in [0.15, 0.2) is 6.29 Å². The van der Waals surface area contributed by atoms with Gasteiger partial charge in [-0.3, -0.25) is 4.79 Å². The number of carbonyl (C=O) groups is 1. The largest absolute Gasteiger partial charge is 0.368 e. The highest BCUT2D eigenvalue weighted by Gasteiger charge is 2.22. The van der Waals surface area contributed by atoms with Crippen molar-refractivity contribution in [2.24, 2.45) is 0 Å². The van der Waals surface area contributed by atoms with Crippen LogP contribution in [0.4, 0.5) is 10.1 Å². The quantitative estimate of drug-likeness (QED) is 0.756. The standard InChI is InChI=1S/C15H20FNO/c1-2-17(14-6-4-3-5-7-14)15-9-8-13(16)10-12(15)11-18/h8-11,14H,2-7H2,1H3. The van der Waals surface area contributed by atoms with Crippen molar-refractivity contribution in [1.82, 2.24) is 0 Å². The average molecular weight is 249 g/mol. The minimum atomic E-state index is -0.347. The summed E-state index contributed by atoms with van der Waals surface area (Å²) in [6.45, 7) is 2.95. The van der Waals surface area contributed by atoms with Gasteiger partial charge in [-0.1, -0.05) is 19.3 Å². The topological polar surface area (TPSA) is 20.3 Å². The Labute approximate surface area is 108 Å². The molecular weight excluding hydrogens is 229 g/mol. The van der Waals surface area contributed by atoms with Crippen LogP contribution in [0.2, 0.25) is 0 Å². The Bertz CT molecular complexity index is 413. The lowest BCUT2D eigenvalue weighted by molar-refractivity contribution is 0.112. The Kier molecular flexibility index (Phi) is 4.34. The van der Waals surface area contributed by atoms with Crippen LogP contribution < -0.4 is 4.90 Å². The molecule has 1 fully saturated rings. The average Bonchev–Trinajstić information content (AvgIpc) is 2.42. The molecule has 0 unspecified atom stereocenters. The van der Waals surface area contributed by atoms with Crippen molar-refractivity contribution < 1.29 is 9.18 Å². The molecule has 0 spiro atoms. The van der Waals surface area contributed by atoms with E-state index >= 15 is 0 Å². The molecule has 3 heteroatoms. The van der Waals surface area contributed by atoms with Gasteiger partial charge in [0.1, 0.15) is 5.82 Å². The van der Waals surface area contributed by atoms with Gasteiger partial charge >= 0.3 is 0 Å². The smallest absolute Gasteiger partial charge is 0.152 e. The van der Waals surface area contributed by atoms with Crippen molar-refractivity contribution >= 4 is 12.0 Å². The normalized spacial score (nSPS) is 16.6. The summed E-state index contributed by atoms with van der Waals surface area (Å²) in [6, 6.07) is 4.99. The molecule has 0 amide bonds. The van der Waals surface area contributed by atoms with Crippen molar-refractivity contribution in [3.63, 3.8) is 0 Å². The molecule has 2 rings (SSSR count). The summed E-state index contributed by atoms with van der Waals surface area (Å²) in [5, 5.41) is 0. The summed E-state index contributed by atoms with van der Waals surface area (Å²) < 4.78 is 13.2. The molecule has 0 N–H and O–H groups in total. The summed E-state index contributed by atoms with van der Waals surface area (Å²) in [4.78, 5) is 13.3. The zero-order valence-electron chi connectivity index (χ0n) is 10.9. The highest BCUT2D eigenvalue weighted by atomic mass is 19.1. The van der Waals surface area contributed by atoms with E-state index in [1.54, 1.807) is 6.07 Å². The van der Waals surface area contributed by atoms with Crippen molar-refractivity contribution in [1.29, 1.82) is 0 Å². The van der Waals surface area contributed by atoms with Crippen LogP contribution in [0.3, 0.4) is 0 Å². The van der Waals surface area contributed by atoms with Crippen LogP contribution in [-0.2, 0) is 0 Å². The summed E-state index contributed by atoms with van der Waals surface area (Å²) in [6.07, 6.45) is 6.90. The minimum Gasteiger partial charge on any atom is -0.368 e. The number of hydrogen-bond donors (Lipinski definition) is 0. The molecule has 0 aromatic heterocycles. The first-order chi connectivity index (χ1) is 8.76. The second-order valence-corrected chi connectivity index (χ2v) is 4.90. The number of carbonyl (C=O) groups excluding carboxylic acids is 1. The second kappa shape index (κ2) is 5.98. The van der Waals surface area contributed by atoms with Gasteiger partial charge in [-0.2, -0.15) is 0 Å². The zero-order valence-corrected chi connectivity index (χ0v) is 10.9. The monoisotopic (exact) mass is 249 g/mol. The van der Waals surface area contributed by atoms with Gasteiger partial charge in [-0.25, -0.2) is 4.39 Å². The van der Waals surface area contributed by atoms with Crippen molar-refractivity contribution in [3.8, 4) is 0 Å². The fourth-order valence-corrected chi connectivity index (χ4v) is 2.90. The molecule has 0 radical (unpaired) electrons. The predicted molar refractivity (Wildman–Crippen MR) is 71.7 cm³/mol. The minimum absolute atomic E-state index is 0.347. The highest BCUT2D eigenvalue weighted by molar-refractivity contribution is 5.84. The van der Waals surface area contributed by atoms with Crippen LogP contribution in [0.1, 0.15) is 49.4 Å². The Morgan fingerprint density at radius 2 is 2.06 bits per heavy atom. The van der Waals surface area contributed by atoms with Gasteiger partial charge < -0.3 is 4.90 Å². The van der Waals surface area contributed by atoms with Crippen LogP contribution in [0.25, 0.3) is 0 Å². The first kappa shape index (κ1) is 13.1. The molecule has 0 aliphatic heterocycles. The van der Waals surface area contributed by atoms with E-state index in [1.165, 1.54) is 44.2 Å². The molecule has 0 saturated heterocycles. The van der Waals surface area contributed by atoms with Gasteiger partial charge in [0, 0.05) is 23.8 Å². The number of rotatable bonds is 4. The van der Waals surface area contributed by atoms with Gasteiger partial charge in [0.05, 0.1) is 0 Å². The first-order valence-electron chi connectivity index (χ1n) is 6.77. The molecule has 2 nitrogen and oxygen atoms in total. The summed E-state index contributed by atoms with van der Waals surface area (Å²) >= 11 is 0. The fraction of sp³-hybridized carbons (Fsp3) is 0.533. The van der Waals surface area contributed by atoms with Crippen LogP contribution in [-0.4, -0.2) is 18.9 Å². The third-order valence-corrected chi connectivity index (χ3v) is 3.78. The van der Waals surface area contributed by atoms with Gasteiger partial charge in [0.2, 0.25) is 0 Å². The number of anilines is 1. The number of nitrogens with zero attached hydrogens (tertiary/aromatic N) is 1. The van der Waals surface area contributed by atoms with Gasteiger partial charge in [-0.15, -0.1) is 0 Å². The zero-order chi connectivity index (χ0) is 13.0. The van der Waals surface area contributed by atoms with E-state index < -0.39 is 0 Å². The van der Waals surface area contributed by atoms with Crippen LogP contribution >= 0.6 is 0 Å². The summed E-state index contributed by atoms with van der Waals surface area (Å²) in [5.41, 5.74) is 1.34. The highest BCUT2D eigenvalue weighted by Crippen LogP contribution is 2.29. The fourth-order valence-electron chi connectivity index (χ4n) is 2.90. The van der Waals surface area contributed by atoms with Crippen LogP contribution in [0, 0.1) is 5.82 Å². The summed E-state index contributed by atoms with van der Waals surface area (Å²) in [5.74, 6) is -0.347. The van der Waals surface area contributed by atoms with Gasteiger partial charge in [-0.05, 0) is 38.0 Å². The maximum atomic E-state index is 13.2. The number of benzene rings is 1. The SMILES string of the molecule is CCN(c1ccc(F)cc1C=O)C1CCCCC1. The van der Waals surface area contributed by atoms with E-state index in [0.29, 0.717) is 11.6 Å². The first-order valence-corrected chi connectivity index (χ1v) is 6.77. The van der Waals surface area contributed by atoms with Gasteiger partial charge in [0.25, 0.3) is 0 Å². The van der Waals surface area contributed by atoms with Crippen molar-refractivity contribution in [3.05, 3.63) is 29.6 Å². The Hall–Kier alpha value is -1.38. The molecule has 18 heavy (non-hydrogen) atoms. The Morgan fingerprint density at radius 1 is 1.33 bits per heavy atom. The third kappa shape index (κ3) is 2.71. The lowest BCUT2D eigenvalue weighted by Gasteiger charge is -2.36. The molecule has 98 valence electrons. The molecule has 1 saturated carbocycles. The van der Waals surface area contributed by atoms with Crippen LogP contribution in [0.5, 0.6) is 0 Å². The number of halogens is 1. The van der Waals surface area contributed by atoms with Crippen LogP contribution in [0.15, 0.2) is 18.2 Å². The predicted octanol–water partition coefficient (Wildman–Crippen LogP) is 3.80. The maximum absolute atomic E-state index is 13.2. The number of aldehydes is 1. The van der Waals surface area contributed by atoms with E-state index in [2.05, 4.69) is 11.8 Å². The Morgan fingerprint density at radius 3 is 2.67 bits per heavy atom. The molecule has 1 aromatic rings. The summed E-state index contributed by atoms with van der Waals surface area (Å²) in [7, 11) is 0. The molecule has 0 atom stereocenters. The molecular formula is C15H20FNO. The van der Waals surface area contributed by atoms with Crippen molar-refractivity contribution in [2.45, 2.75) is 45.1 Å².